The highest BCUT2D eigenvalue weighted by Gasteiger charge is 2.19. The fourth-order valence-corrected chi connectivity index (χ4v) is 1.75. The highest BCUT2D eigenvalue weighted by atomic mass is 79.9. The number of halogens is 2. The van der Waals surface area contributed by atoms with Crippen molar-refractivity contribution in [2.75, 3.05) is 0 Å². The summed E-state index contributed by atoms with van der Waals surface area (Å²) in [5.41, 5.74) is 0.415. The zero-order valence-electron chi connectivity index (χ0n) is 8.19. The maximum atomic E-state index is 12.9. The Kier molecular flexibility index (Phi) is 2.78. The van der Waals surface area contributed by atoms with E-state index in [4.69, 9.17) is 0 Å². The summed E-state index contributed by atoms with van der Waals surface area (Å²) in [4.78, 5) is 15.6. The molecule has 0 atom stereocenters. The van der Waals surface area contributed by atoms with E-state index in [0.29, 0.717) is 4.60 Å². The second-order valence-corrected chi connectivity index (χ2v) is 3.82. The molecule has 0 saturated heterocycles. The van der Waals surface area contributed by atoms with Gasteiger partial charge in [-0.25, -0.2) is 9.07 Å². The zero-order valence-corrected chi connectivity index (χ0v) is 9.77. The molecular formula is C9H6BrFN4O. The number of ketones is 1. The van der Waals surface area contributed by atoms with Gasteiger partial charge in [0.25, 0.3) is 0 Å². The van der Waals surface area contributed by atoms with Gasteiger partial charge in [0.15, 0.2) is 4.60 Å². The number of aryl methyl sites for hydroxylation is 1. The molecule has 5 nitrogen and oxygen atoms in total. The zero-order chi connectivity index (χ0) is 11.7. The number of pyridine rings is 1. The van der Waals surface area contributed by atoms with Crippen LogP contribution in [0.2, 0.25) is 0 Å². The monoisotopic (exact) mass is 284 g/mol. The first-order chi connectivity index (χ1) is 7.59. The summed E-state index contributed by atoms with van der Waals surface area (Å²) in [6.07, 6.45) is 2.33. The maximum Gasteiger partial charge on any atom is 0.215 e. The molecule has 2 aromatic rings. The number of hydrogen-bond acceptors (Lipinski definition) is 4. The summed E-state index contributed by atoms with van der Waals surface area (Å²) in [6, 6.07) is 1.12. The van der Waals surface area contributed by atoms with Gasteiger partial charge in [-0.15, -0.1) is 5.10 Å². The van der Waals surface area contributed by atoms with E-state index in [0.717, 1.165) is 12.3 Å². The molecule has 0 aromatic carbocycles. The van der Waals surface area contributed by atoms with Gasteiger partial charge in [-0.1, -0.05) is 5.21 Å². The summed E-state index contributed by atoms with van der Waals surface area (Å²) in [6.45, 7) is 0. The van der Waals surface area contributed by atoms with Gasteiger partial charge in [-0.3, -0.25) is 9.78 Å². The predicted octanol–water partition coefficient (Wildman–Crippen LogP) is 1.34. The first-order valence-electron chi connectivity index (χ1n) is 4.30. The molecule has 0 radical (unpaired) electrons. The molecule has 0 aliphatic heterocycles. The van der Waals surface area contributed by atoms with Crippen LogP contribution in [0, 0.1) is 5.82 Å². The molecule has 2 heterocycles. The lowest BCUT2D eigenvalue weighted by molar-refractivity contribution is 0.102. The first kappa shape index (κ1) is 10.9. The molecule has 0 spiro atoms. The summed E-state index contributed by atoms with van der Waals surface area (Å²) < 4.78 is 14.5. The molecule has 16 heavy (non-hydrogen) atoms. The Labute approximate surface area is 98.4 Å². The first-order valence-corrected chi connectivity index (χ1v) is 5.09. The average Bonchev–Trinajstić information content (AvgIpc) is 2.58. The highest BCUT2D eigenvalue weighted by Crippen LogP contribution is 2.16. The fourth-order valence-electron chi connectivity index (χ4n) is 1.25. The smallest absolute Gasteiger partial charge is 0.215 e. The molecule has 0 unspecified atom stereocenters. The SMILES string of the molecule is Cn1nnc(Br)c1C(=O)c1cncc(F)c1. The van der Waals surface area contributed by atoms with Gasteiger partial charge in [0.05, 0.1) is 6.20 Å². The molecule has 2 rings (SSSR count). The van der Waals surface area contributed by atoms with E-state index in [-0.39, 0.29) is 17.0 Å². The molecule has 2 aromatic heterocycles. The lowest BCUT2D eigenvalue weighted by Gasteiger charge is -2.00. The second kappa shape index (κ2) is 4.09. The van der Waals surface area contributed by atoms with Crippen molar-refractivity contribution in [3.8, 4) is 0 Å². The van der Waals surface area contributed by atoms with E-state index in [9.17, 15) is 9.18 Å². The van der Waals surface area contributed by atoms with E-state index >= 15 is 0 Å². The van der Waals surface area contributed by atoms with Crippen LogP contribution in [0.4, 0.5) is 4.39 Å². The van der Waals surface area contributed by atoms with Crippen LogP contribution in [-0.4, -0.2) is 25.8 Å². The Morgan fingerprint density at radius 1 is 1.50 bits per heavy atom. The number of carbonyl (C=O) groups is 1. The molecule has 0 amide bonds. The van der Waals surface area contributed by atoms with Crippen LogP contribution in [0.25, 0.3) is 0 Å². The van der Waals surface area contributed by atoms with Crippen LogP contribution in [-0.2, 0) is 7.05 Å². The van der Waals surface area contributed by atoms with Crippen LogP contribution in [0.3, 0.4) is 0 Å². The minimum Gasteiger partial charge on any atom is -0.287 e. The van der Waals surface area contributed by atoms with Gasteiger partial charge in [-0.2, -0.15) is 0 Å². The van der Waals surface area contributed by atoms with Crippen LogP contribution < -0.4 is 0 Å². The van der Waals surface area contributed by atoms with Gasteiger partial charge in [0.2, 0.25) is 5.78 Å². The van der Waals surface area contributed by atoms with Crippen molar-refractivity contribution in [3.63, 3.8) is 0 Å². The summed E-state index contributed by atoms with van der Waals surface area (Å²) >= 11 is 3.10. The van der Waals surface area contributed by atoms with E-state index in [1.165, 1.54) is 10.9 Å². The van der Waals surface area contributed by atoms with Crippen molar-refractivity contribution in [2.45, 2.75) is 0 Å². The fraction of sp³-hybridized carbons (Fsp3) is 0.111. The third-order valence-corrected chi connectivity index (χ3v) is 2.50. The van der Waals surface area contributed by atoms with E-state index in [2.05, 4.69) is 31.2 Å². The average molecular weight is 285 g/mol. The number of rotatable bonds is 2. The van der Waals surface area contributed by atoms with Gasteiger partial charge in [0, 0.05) is 18.8 Å². The summed E-state index contributed by atoms with van der Waals surface area (Å²) in [5.74, 6) is -0.941. The van der Waals surface area contributed by atoms with Crippen molar-refractivity contribution in [1.29, 1.82) is 0 Å². The third-order valence-electron chi connectivity index (χ3n) is 1.97. The molecule has 0 saturated carbocycles. The topological polar surface area (TPSA) is 60.7 Å². The number of carbonyl (C=O) groups excluding carboxylic acids is 1. The standard InChI is InChI=1S/C9H6BrFN4O/c1-15-7(9(10)13-14-15)8(16)5-2-6(11)4-12-3-5/h2-4H,1H3. The van der Waals surface area contributed by atoms with Crippen molar-refractivity contribution in [3.05, 3.63) is 40.1 Å². The molecule has 0 bridgehead atoms. The lowest BCUT2D eigenvalue weighted by atomic mass is 10.1. The van der Waals surface area contributed by atoms with Gasteiger partial charge in [-0.05, 0) is 22.0 Å². The van der Waals surface area contributed by atoms with Crippen molar-refractivity contribution < 1.29 is 9.18 Å². The molecule has 0 fully saturated rings. The quantitative estimate of drug-likeness (QED) is 0.781. The van der Waals surface area contributed by atoms with Crippen LogP contribution in [0.1, 0.15) is 16.1 Å². The molecule has 7 heteroatoms. The summed E-state index contributed by atoms with van der Waals surface area (Å²) in [7, 11) is 1.58. The van der Waals surface area contributed by atoms with Crippen molar-refractivity contribution in [1.82, 2.24) is 20.0 Å². The van der Waals surface area contributed by atoms with Crippen LogP contribution in [0.15, 0.2) is 23.1 Å². The maximum absolute atomic E-state index is 12.9. The lowest BCUT2D eigenvalue weighted by Crippen LogP contribution is -2.09. The van der Waals surface area contributed by atoms with Crippen LogP contribution >= 0.6 is 15.9 Å². The van der Waals surface area contributed by atoms with Crippen molar-refractivity contribution in [2.24, 2.45) is 7.05 Å². The third kappa shape index (κ3) is 1.85. The Morgan fingerprint density at radius 2 is 2.25 bits per heavy atom. The Balaban J connectivity index is 2.47. The molecule has 0 aliphatic carbocycles. The minimum atomic E-state index is -0.558. The van der Waals surface area contributed by atoms with Gasteiger partial charge in [0.1, 0.15) is 11.5 Å². The molecule has 0 N–H and O–H groups in total. The molecular weight excluding hydrogens is 279 g/mol. The Hall–Kier alpha value is -1.63. The van der Waals surface area contributed by atoms with Gasteiger partial charge >= 0.3 is 0 Å². The van der Waals surface area contributed by atoms with Gasteiger partial charge < -0.3 is 0 Å². The highest BCUT2D eigenvalue weighted by molar-refractivity contribution is 9.10. The minimum absolute atomic E-state index is 0.158. The van der Waals surface area contributed by atoms with Crippen molar-refractivity contribution >= 4 is 21.7 Å². The number of aromatic nitrogens is 4. The van der Waals surface area contributed by atoms with E-state index in [1.807, 2.05) is 0 Å². The van der Waals surface area contributed by atoms with E-state index < -0.39 is 5.82 Å². The largest absolute Gasteiger partial charge is 0.287 e. The Bertz CT molecular complexity index is 535. The summed E-state index contributed by atoms with van der Waals surface area (Å²) in [5, 5.41) is 7.35. The second-order valence-electron chi connectivity index (χ2n) is 3.07. The molecule has 0 aliphatic rings. The van der Waals surface area contributed by atoms with Crippen LogP contribution in [0.5, 0.6) is 0 Å². The van der Waals surface area contributed by atoms with E-state index in [1.54, 1.807) is 7.05 Å². The number of nitrogens with zero attached hydrogens (tertiary/aromatic N) is 4. The Morgan fingerprint density at radius 3 is 2.81 bits per heavy atom. The number of hydrogen-bond donors (Lipinski definition) is 0. The normalized spacial score (nSPS) is 10.4. The molecule has 82 valence electrons. The predicted molar refractivity (Wildman–Crippen MR) is 56.3 cm³/mol.